The lowest BCUT2D eigenvalue weighted by atomic mass is 10.2. The van der Waals surface area contributed by atoms with Gasteiger partial charge in [-0.05, 0) is 43.7 Å². The highest BCUT2D eigenvalue weighted by molar-refractivity contribution is 7.80. The van der Waals surface area contributed by atoms with E-state index in [-0.39, 0.29) is 10.8 Å². The fraction of sp³-hybridized carbons (Fsp3) is 0.278. The van der Waals surface area contributed by atoms with Crippen LogP contribution in [0.2, 0.25) is 0 Å². The first-order valence-electron chi connectivity index (χ1n) is 8.28. The second-order valence-corrected chi connectivity index (χ2v) is 6.38. The molecule has 2 aromatic rings. The Morgan fingerprint density at radius 3 is 2.19 bits per heavy atom. The van der Waals surface area contributed by atoms with Gasteiger partial charge in [0.1, 0.15) is 5.69 Å². The number of thiocarbonyl (C=S) groups is 1. The highest BCUT2D eigenvalue weighted by Crippen LogP contribution is 2.19. The van der Waals surface area contributed by atoms with E-state index >= 15 is 0 Å². The Hall–Kier alpha value is -2.45. The van der Waals surface area contributed by atoms with Gasteiger partial charge in [-0.25, -0.2) is 8.78 Å². The van der Waals surface area contributed by atoms with Gasteiger partial charge in [0.05, 0.1) is 5.69 Å². The molecule has 1 aliphatic rings. The number of nitrogen functional groups attached to an aromatic ring is 1. The fourth-order valence-corrected chi connectivity index (χ4v) is 2.62. The average molecular weight is 379 g/mol. The van der Waals surface area contributed by atoms with Crippen LogP contribution in [-0.4, -0.2) is 23.1 Å². The van der Waals surface area contributed by atoms with E-state index < -0.39 is 17.3 Å². The SMILES string of the molecule is NC(=S)NNc1cc(F)c(N)c(F)c1.c1ccc(CN2CCCC2)cc1. The Kier molecular flexibility index (Phi) is 7.55. The van der Waals surface area contributed by atoms with Crippen molar-refractivity contribution in [2.24, 2.45) is 5.73 Å². The van der Waals surface area contributed by atoms with Gasteiger partial charge in [0.15, 0.2) is 16.7 Å². The fourth-order valence-electron chi connectivity index (χ4n) is 2.57. The van der Waals surface area contributed by atoms with Crippen molar-refractivity contribution in [1.29, 1.82) is 0 Å². The van der Waals surface area contributed by atoms with Gasteiger partial charge < -0.3 is 11.5 Å². The lowest BCUT2D eigenvalue weighted by molar-refractivity contribution is 0.331. The maximum Gasteiger partial charge on any atom is 0.182 e. The van der Waals surface area contributed by atoms with Gasteiger partial charge in [0.25, 0.3) is 0 Å². The van der Waals surface area contributed by atoms with Gasteiger partial charge in [-0.3, -0.25) is 15.8 Å². The molecule has 26 heavy (non-hydrogen) atoms. The zero-order valence-electron chi connectivity index (χ0n) is 14.3. The number of hydrogen-bond acceptors (Lipinski definition) is 4. The van der Waals surface area contributed by atoms with Crippen LogP contribution in [0.25, 0.3) is 0 Å². The number of halogens is 2. The first-order chi connectivity index (χ1) is 12.5. The molecule has 0 aromatic heterocycles. The molecule has 1 fully saturated rings. The minimum atomic E-state index is -0.850. The van der Waals surface area contributed by atoms with Crippen LogP contribution in [-0.2, 0) is 6.54 Å². The van der Waals surface area contributed by atoms with Crippen molar-refractivity contribution in [2.75, 3.05) is 24.2 Å². The van der Waals surface area contributed by atoms with E-state index in [1.165, 1.54) is 31.5 Å². The molecule has 0 bridgehead atoms. The summed E-state index contributed by atoms with van der Waals surface area (Å²) in [5.41, 5.74) is 15.9. The first-order valence-corrected chi connectivity index (χ1v) is 8.69. The minimum Gasteiger partial charge on any atom is -0.394 e. The van der Waals surface area contributed by atoms with E-state index in [4.69, 9.17) is 11.5 Å². The number of hydrogen-bond donors (Lipinski definition) is 4. The lowest BCUT2D eigenvalue weighted by Gasteiger charge is -2.13. The second kappa shape index (κ2) is 9.88. The summed E-state index contributed by atoms with van der Waals surface area (Å²) in [5.74, 6) is -1.70. The minimum absolute atomic E-state index is 0.0392. The predicted octanol–water partition coefficient (Wildman–Crippen LogP) is 2.99. The van der Waals surface area contributed by atoms with E-state index in [9.17, 15) is 8.78 Å². The summed E-state index contributed by atoms with van der Waals surface area (Å²) in [5, 5.41) is -0.0392. The molecule has 0 radical (unpaired) electrons. The zero-order valence-corrected chi connectivity index (χ0v) is 15.2. The molecular weight excluding hydrogens is 356 g/mol. The highest BCUT2D eigenvalue weighted by atomic mass is 32.1. The number of nitrogens with two attached hydrogens (primary N) is 2. The van der Waals surface area contributed by atoms with Crippen molar-refractivity contribution in [3.05, 3.63) is 59.7 Å². The summed E-state index contributed by atoms with van der Waals surface area (Å²) < 4.78 is 25.7. The van der Waals surface area contributed by atoms with Crippen LogP contribution in [0.4, 0.5) is 20.2 Å². The Balaban J connectivity index is 0.000000189. The molecular formula is C18H23F2N5S. The van der Waals surface area contributed by atoms with E-state index in [0.29, 0.717) is 0 Å². The Morgan fingerprint density at radius 2 is 1.65 bits per heavy atom. The summed E-state index contributed by atoms with van der Waals surface area (Å²) in [6, 6.07) is 12.8. The van der Waals surface area contributed by atoms with Gasteiger partial charge in [-0.15, -0.1) is 0 Å². The molecule has 0 aliphatic carbocycles. The summed E-state index contributed by atoms with van der Waals surface area (Å²) in [6.07, 6.45) is 2.76. The third-order valence-corrected chi connectivity index (χ3v) is 3.96. The monoisotopic (exact) mass is 379 g/mol. The van der Waals surface area contributed by atoms with Gasteiger partial charge in [0, 0.05) is 18.7 Å². The van der Waals surface area contributed by atoms with Gasteiger partial charge in [0.2, 0.25) is 0 Å². The number of anilines is 2. The maximum atomic E-state index is 12.9. The molecule has 1 heterocycles. The number of benzene rings is 2. The topological polar surface area (TPSA) is 79.3 Å². The number of rotatable bonds is 4. The van der Waals surface area contributed by atoms with E-state index in [0.717, 1.165) is 18.7 Å². The van der Waals surface area contributed by atoms with Crippen molar-refractivity contribution in [2.45, 2.75) is 19.4 Å². The summed E-state index contributed by atoms with van der Waals surface area (Å²) in [7, 11) is 0. The van der Waals surface area contributed by atoms with Crippen LogP contribution in [0.5, 0.6) is 0 Å². The van der Waals surface area contributed by atoms with Gasteiger partial charge in [-0.2, -0.15) is 0 Å². The van der Waals surface area contributed by atoms with E-state index in [2.05, 4.69) is 58.3 Å². The molecule has 2 aromatic carbocycles. The number of likely N-dealkylation sites (tertiary alicyclic amines) is 1. The zero-order chi connectivity index (χ0) is 18.9. The molecule has 5 nitrogen and oxygen atoms in total. The predicted molar refractivity (Wildman–Crippen MR) is 105 cm³/mol. The van der Waals surface area contributed by atoms with E-state index in [1.54, 1.807) is 0 Å². The highest BCUT2D eigenvalue weighted by Gasteiger charge is 2.10. The Bertz CT molecular complexity index is 698. The quantitative estimate of drug-likeness (QED) is 0.372. The molecule has 0 spiro atoms. The summed E-state index contributed by atoms with van der Waals surface area (Å²) in [6.45, 7) is 3.71. The largest absolute Gasteiger partial charge is 0.394 e. The molecule has 6 N–H and O–H groups in total. The van der Waals surface area contributed by atoms with E-state index in [1.807, 2.05) is 0 Å². The lowest BCUT2D eigenvalue weighted by Crippen LogP contribution is -2.34. The maximum absolute atomic E-state index is 12.9. The number of nitrogens with one attached hydrogen (secondary N) is 2. The van der Waals surface area contributed by atoms with Crippen molar-refractivity contribution < 1.29 is 8.78 Å². The third-order valence-electron chi connectivity index (χ3n) is 3.86. The molecule has 0 unspecified atom stereocenters. The third kappa shape index (κ3) is 6.45. The molecule has 3 rings (SSSR count). The molecule has 1 aliphatic heterocycles. The summed E-state index contributed by atoms with van der Waals surface area (Å²) >= 11 is 4.48. The summed E-state index contributed by atoms with van der Waals surface area (Å²) in [4.78, 5) is 2.52. The molecule has 8 heteroatoms. The molecule has 140 valence electrons. The molecule has 0 atom stereocenters. The molecule has 0 saturated carbocycles. The van der Waals surface area contributed by atoms with Gasteiger partial charge in [-0.1, -0.05) is 30.3 Å². The van der Waals surface area contributed by atoms with Crippen LogP contribution in [0.3, 0.4) is 0 Å². The normalized spacial score (nSPS) is 13.6. The van der Waals surface area contributed by atoms with Crippen LogP contribution < -0.4 is 22.3 Å². The molecule has 0 amide bonds. The van der Waals surface area contributed by atoms with Crippen molar-refractivity contribution in [1.82, 2.24) is 10.3 Å². The van der Waals surface area contributed by atoms with Gasteiger partial charge >= 0.3 is 0 Å². The standard InChI is InChI=1S/C11H15N.C7H8F2N4S/c1-2-6-11(7-3-1)10-12-8-4-5-9-12;8-4-1-3(12-13-7(11)14)2-5(9)6(4)10/h1-3,6-7H,4-5,8-10H2;1-2,12H,10H2,(H3,11,13,14). The van der Waals surface area contributed by atoms with Crippen molar-refractivity contribution >= 4 is 28.7 Å². The van der Waals surface area contributed by atoms with Crippen LogP contribution in [0, 0.1) is 11.6 Å². The first kappa shape index (κ1) is 19.9. The molecule has 1 saturated heterocycles. The Morgan fingerprint density at radius 1 is 1.08 bits per heavy atom. The van der Waals surface area contributed by atoms with Crippen LogP contribution in [0.15, 0.2) is 42.5 Å². The number of nitrogens with zero attached hydrogens (tertiary/aromatic N) is 1. The second-order valence-electron chi connectivity index (χ2n) is 5.94. The smallest absolute Gasteiger partial charge is 0.182 e. The van der Waals surface area contributed by atoms with Crippen LogP contribution >= 0.6 is 12.2 Å². The Labute approximate surface area is 157 Å². The average Bonchev–Trinajstić information content (AvgIpc) is 3.12. The van der Waals surface area contributed by atoms with Crippen LogP contribution in [0.1, 0.15) is 18.4 Å². The number of hydrazine groups is 1. The van der Waals surface area contributed by atoms with Crippen molar-refractivity contribution in [3.8, 4) is 0 Å². The van der Waals surface area contributed by atoms with Crippen molar-refractivity contribution in [3.63, 3.8) is 0 Å².